The van der Waals surface area contributed by atoms with E-state index in [9.17, 15) is 0 Å². The lowest BCUT2D eigenvalue weighted by Gasteiger charge is -2.13. The van der Waals surface area contributed by atoms with E-state index in [1.165, 1.54) is 18.5 Å². The van der Waals surface area contributed by atoms with Crippen molar-refractivity contribution in [2.45, 2.75) is 19.0 Å². The molecule has 1 heterocycles. The summed E-state index contributed by atoms with van der Waals surface area (Å²) in [5.41, 5.74) is 7.97. The van der Waals surface area contributed by atoms with Crippen LogP contribution in [0.5, 0.6) is 0 Å². The number of rotatable bonds is 3. The van der Waals surface area contributed by atoms with Crippen LogP contribution in [0.15, 0.2) is 24.3 Å². The van der Waals surface area contributed by atoms with E-state index in [0.29, 0.717) is 6.04 Å². The summed E-state index contributed by atoms with van der Waals surface area (Å²) >= 11 is 0. The number of benzene rings is 1. The van der Waals surface area contributed by atoms with Gasteiger partial charge in [0.25, 0.3) is 0 Å². The van der Waals surface area contributed by atoms with E-state index in [0.717, 1.165) is 18.8 Å². The lowest BCUT2D eigenvalue weighted by Crippen LogP contribution is -2.31. The summed E-state index contributed by atoms with van der Waals surface area (Å²) in [5, 5.41) is 3.55. The molecule has 2 rings (SSSR count). The van der Waals surface area contributed by atoms with Crippen molar-refractivity contribution in [3.05, 3.63) is 29.8 Å². The summed E-state index contributed by atoms with van der Waals surface area (Å²) in [4.78, 5) is 2.35. The first kappa shape index (κ1) is 10.5. The molecule has 0 aromatic heterocycles. The van der Waals surface area contributed by atoms with Crippen molar-refractivity contribution in [1.82, 2.24) is 10.2 Å². The molecule has 0 radical (unpaired) electrons. The number of nitrogens with zero attached hydrogens (tertiary/aromatic N) is 1. The van der Waals surface area contributed by atoms with Gasteiger partial charge in [0.2, 0.25) is 0 Å². The van der Waals surface area contributed by atoms with Crippen molar-refractivity contribution < 1.29 is 0 Å². The quantitative estimate of drug-likeness (QED) is 0.725. The van der Waals surface area contributed by atoms with E-state index in [-0.39, 0.29) is 0 Å². The summed E-state index contributed by atoms with van der Waals surface area (Å²) in [6, 6.07) is 8.67. The zero-order chi connectivity index (χ0) is 10.7. The normalized spacial score (nSPS) is 22.1. The van der Waals surface area contributed by atoms with Crippen molar-refractivity contribution in [1.29, 1.82) is 0 Å². The highest BCUT2D eigenvalue weighted by Gasteiger charge is 2.18. The first-order valence-electron chi connectivity index (χ1n) is 5.51. The van der Waals surface area contributed by atoms with E-state index in [1.54, 1.807) is 0 Å². The molecule has 1 aliphatic rings. The molecular weight excluding hydrogens is 186 g/mol. The Hall–Kier alpha value is -1.06. The number of anilines is 1. The molecule has 3 N–H and O–H groups in total. The lowest BCUT2D eigenvalue weighted by atomic mass is 10.1. The molecular formula is C12H19N3. The van der Waals surface area contributed by atoms with Gasteiger partial charge >= 0.3 is 0 Å². The highest BCUT2D eigenvalue weighted by atomic mass is 15.2. The largest absolute Gasteiger partial charge is 0.398 e. The molecule has 15 heavy (non-hydrogen) atoms. The van der Waals surface area contributed by atoms with Gasteiger partial charge in [-0.1, -0.05) is 18.2 Å². The Morgan fingerprint density at radius 3 is 2.93 bits per heavy atom. The molecule has 1 aliphatic heterocycles. The monoisotopic (exact) mass is 205 g/mol. The molecule has 82 valence electrons. The Morgan fingerprint density at radius 1 is 1.47 bits per heavy atom. The van der Waals surface area contributed by atoms with E-state index in [4.69, 9.17) is 5.73 Å². The number of hydrogen-bond donors (Lipinski definition) is 2. The smallest absolute Gasteiger partial charge is 0.0359 e. The Balaban J connectivity index is 1.86. The van der Waals surface area contributed by atoms with Crippen LogP contribution < -0.4 is 11.1 Å². The SMILES string of the molecule is CN1CCC(NCc2ccccc2N)C1. The van der Waals surface area contributed by atoms with Crippen molar-refractivity contribution in [3.63, 3.8) is 0 Å². The van der Waals surface area contributed by atoms with Crippen LogP contribution in [0.1, 0.15) is 12.0 Å². The molecule has 0 aliphatic carbocycles. The molecule has 1 aromatic carbocycles. The summed E-state index contributed by atoms with van der Waals surface area (Å²) < 4.78 is 0. The second-order valence-corrected chi connectivity index (χ2v) is 4.33. The van der Waals surface area contributed by atoms with Crippen molar-refractivity contribution in [2.24, 2.45) is 0 Å². The van der Waals surface area contributed by atoms with Crippen molar-refractivity contribution in [2.75, 3.05) is 25.9 Å². The highest BCUT2D eigenvalue weighted by molar-refractivity contribution is 5.46. The van der Waals surface area contributed by atoms with Crippen LogP contribution in [0.2, 0.25) is 0 Å². The second kappa shape index (κ2) is 4.64. The van der Waals surface area contributed by atoms with E-state index >= 15 is 0 Å². The fourth-order valence-corrected chi connectivity index (χ4v) is 2.05. The standard InChI is InChI=1S/C12H19N3/c1-15-7-6-11(9-15)14-8-10-4-2-3-5-12(10)13/h2-5,11,14H,6-9,13H2,1H3. The molecule has 3 nitrogen and oxygen atoms in total. The van der Waals surface area contributed by atoms with Gasteiger partial charge in [0.05, 0.1) is 0 Å². The summed E-state index contributed by atoms with van der Waals surface area (Å²) in [5.74, 6) is 0. The first-order valence-corrected chi connectivity index (χ1v) is 5.51. The summed E-state index contributed by atoms with van der Waals surface area (Å²) in [6.45, 7) is 3.22. The third kappa shape index (κ3) is 2.70. The molecule has 0 amide bonds. The molecule has 3 heteroatoms. The third-order valence-corrected chi connectivity index (χ3v) is 3.03. The number of likely N-dealkylation sites (N-methyl/N-ethyl adjacent to an activating group) is 1. The van der Waals surface area contributed by atoms with Crippen molar-refractivity contribution >= 4 is 5.69 Å². The number of nitrogens with one attached hydrogen (secondary N) is 1. The molecule has 1 unspecified atom stereocenters. The Morgan fingerprint density at radius 2 is 2.27 bits per heavy atom. The molecule has 0 spiro atoms. The molecule has 1 saturated heterocycles. The average Bonchev–Trinajstić information content (AvgIpc) is 2.63. The number of para-hydroxylation sites is 1. The number of likely N-dealkylation sites (tertiary alicyclic amines) is 1. The fourth-order valence-electron chi connectivity index (χ4n) is 2.05. The molecule has 0 bridgehead atoms. The minimum absolute atomic E-state index is 0.620. The van der Waals surface area contributed by atoms with E-state index in [2.05, 4.69) is 23.3 Å². The maximum atomic E-state index is 5.88. The second-order valence-electron chi connectivity index (χ2n) is 4.33. The van der Waals surface area contributed by atoms with Gasteiger partial charge in [0.1, 0.15) is 0 Å². The number of nitrogen functional groups attached to an aromatic ring is 1. The van der Waals surface area contributed by atoms with Crippen LogP contribution in [0.3, 0.4) is 0 Å². The van der Waals surface area contributed by atoms with Crippen LogP contribution in [0.25, 0.3) is 0 Å². The van der Waals surface area contributed by atoms with Gasteiger partial charge in [-0.25, -0.2) is 0 Å². The van der Waals surface area contributed by atoms with Gasteiger partial charge in [0.15, 0.2) is 0 Å². The topological polar surface area (TPSA) is 41.3 Å². The van der Waals surface area contributed by atoms with E-state index < -0.39 is 0 Å². The Bertz CT molecular complexity index is 324. The molecule has 1 aromatic rings. The maximum absolute atomic E-state index is 5.88. The van der Waals surface area contributed by atoms with Crippen LogP contribution in [-0.4, -0.2) is 31.1 Å². The highest BCUT2D eigenvalue weighted by Crippen LogP contribution is 2.12. The van der Waals surface area contributed by atoms with Gasteiger partial charge in [0, 0.05) is 24.8 Å². The average molecular weight is 205 g/mol. The molecule has 0 saturated carbocycles. The maximum Gasteiger partial charge on any atom is 0.0359 e. The molecule has 1 atom stereocenters. The zero-order valence-electron chi connectivity index (χ0n) is 9.24. The van der Waals surface area contributed by atoms with Crippen LogP contribution in [0.4, 0.5) is 5.69 Å². The Labute approximate surface area is 91.3 Å². The lowest BCUT2D eigenvalue weighted by molar-refractivity contribution is 0.398. The first-order chi connectivity index (χ1) is 7.25. The van der Waals surface area contributed by atoms with Gasteiger partial charge in [-0.2, -0.15) is 0 Å². The fraction of sp³-hybridized carbons (Fsp3) is 0.500. The van der Waals surface area contributed by atoms with Crippen LogP contribution in [0, 0.1) is 0 Å². The predicted molar refractivity (Wildman–Crippen MR) is 63.6 cm³/mol. The zero-order valence-corrected chi connectivity index (χ0v) is 9.24. The number of hydrogen-bond acceptors (Lipinski definition) is 3. The van der Waals surface area contributed by atoms with Gasteiger partial charge in [-0.15, -0.1) is 0 Å². The van der Waals surface area contributed by atoms with Gasteiger partial charge < -0.3 is 16.0 Å². The number of nitrogens with two attached hydrogens (primary N) is 1. The van der Waals surface area contributed by atoms with Crippen LogP contribution in [-0.2, 0) is 6.54 Å². The predicted octanol–water partition coefficient (Wildman–Crippen LogP) is 1.06. The van der Waals surface area contributed by atoms with Gasteiger partial charge in [-0.3, -0.25) is 0 Å². The summed E-state index contributed by atoms with van der Waals surface area (Å²) in [6.07, 6.45) is 1.24. The van der Waals surface area contributed by atoms with E-state index in [1.807, 2.05) is 18.2 Å². The summed E-state index contributed by atoms with van der Waals surface area (Å²) in [7, 11) is 2.17. The van der Waals surface area contributed by atoms with Crippen molar-refractivity contribution in [3.8, 4) is 0 Å². The van der Waals surface area contributed by atoms with Crippen LogP contribution >= 0.6 is 0 Å². The minimum atomic E-state index is 0.620. The van der Waals surface area contributed by atoms with Gasteiger partial charge in [-0.05, 0) is 31.6 Å². The minimum Gasteiger partial charge on any atom is -0.398 e. The Kier molecular flexibility index (Phi) is 3.23. The molecule has 1 fully saturated rings. The third-order valence-electron chi connectivity index (χ3n) is 3.03.